The van der Waals surface area contributed by atoms with E-state index in [0.717, 1.165) is 18.4 Å². The first-order valence-electron chi connectivity index (χ1n) is 8.16. The molecule has 0 saturated heterocycles. The van der Waals surface area contributed by atoms with Crippen LogP contribution in [0.2, 0.25) is 0 Å². The second kappa shape index (κ2) is 15.4. The zero-order valence-electron chi connectivity index (χ0n) is 14.4. The van der Waals surface area contributed by atoms with Crippen LogP contribution in [-0.2, 0) is 20.6 Å². The van der Waals surface area contributed by atoms with E-state index in [1.165, 1.54) is 26.2 Å². The molecule has 0 radical (unpaired) electrons. The SMILES string of the molecule is [C-]1=CC=CC1.[C-]1=CC=CC1.[CH2-]c1ccccc1.[Ta]=[CH]c1ccccc1. The molecular formula is C24H23Ta-3. The summed E-state index contributed by atoms with van der Waals surface area (Å²) < 4.78 is 2.19. The van der Waals surface area contributed by atoms with Gasteiger partial charge >= 0.3 is 60.7 Å². The van der Waals surface area contributed by atoms with Crippen molar-refractivity contribution in [2.75, 3.05) is 0 Å². The predicted molar refractivity (Wildman–Crippen MR) is 106 cm³/mol. The summed E-state index contributed by atoms with van der Waals surface area (Å²) in [6.45, 7) is 3.72. The molecule has 1 heteroatoms. The van der Waals surface area contributed by atoms with Crippen molar-refractivity contribution < 1.29 is 20.6 Å². The quantitative estimate of drug-likeness (QED) is 0.438. The summed E-state index contributed by atoms with van der Waals surface area (Å²) >= 11 is 1.33. The molecule has 0 heterocycles. The van der Waals surface area contributed by atoms with Crippen molar-refractivity contribution >= 4 is 4.23 Å². The standard InChI is InChI=1S/C7H7.C7H6.2C5H5.Ta/c2*1-7-5-3-2-4-6-7;2*1-2-4-5-3-1;/h2-6H,1H2;1-6H;2*1-3H,4H2;/q-1;;2*-1;. The van der Waals surface area contributed by atoms with Gasteiger partial charge in [-0.2, -0.15) is 36.8 Å². The summed E-state index contributed by atoms with van der Waals surface area (Å²) in [5.41, 5.74) is 2.41. The van der Waals surface area contributed by atoms with E-state index in [1.807, 2.05) is 60.7 Å². The van der Waals surface area contributed by atoms with Crippen molar-refractivity contribution in [1.82, 2.24) is 0 Å². The van der Waals surface area contributed by atoms with E-state index in [2.05, 4.69) is 59.7 Å². The minimum atomic E-state index is 1.01. The van der Waals surface area contributed by atoms with Crippen LogP contribution in [0.25, 0.3) is 0 Å². The Hall–Kier alpha value is -2.12. The molecule has 2 aliphatic carbocycles. The number of allylic oxidation sites excluding steroid dienone is 8. The Morgan fingerprint density at radius 1 is 0.760 bits per heavy atom. The molecule has 0 spiro atoms. The van der Waals surface area contributed by atoms with Gasteiger partial charge in [-0.3, -0.25) is 12.2 Å². The molecule has 0 atom stereocenters. The van der Waals surface area contributed by atoms with E-state index >= 15 is 0 Å². The average molecular weight is 492 g/mol. The molecule has 0 aromatic heterocycles. The fraction of sp³-hybridized carbons (Fsp3) is 0.0833. The van der Waals surface area contributed by atoms with Gasteiger partial charge in [0.05, 0.1) is 0 Å². The minimum absolute atomic E-state index is 1.01. The van der Waals surface area contributed by atoms with Gasteiger partial charge in [0.25, 0.3) is 0 Å². The number of rotatable bonds is 1. The molecule has 0 saturated carbocycles. The third-order valence-electron chi connectivity index (χ3n) is 2.96. The van der Waals surface area contributed by atoms with Crippen LogP contribution in [0.1, 0.15) is 24.0 Å². The van der Waals surface area contributed by atoms with Crippen LogP contribution in [0.3, 0.4) is 0 Å². The van der Waals surface area contributed by atoms with Crippen molar-refractivity contribution in [3.63, 3.8) is 0 Å². The average Bonchev–Trinajstić information content (AvgIpc) is 3.42. The summed E-state index contributed by atoms with van der Waals surface area (Å²) in [7, 11) is 0. The Kier molecular flexibility index (Phi) is 12.9. The van der Waals surface area contributed by atoms with Gasteiger partial charge in [0.15, 0.2) is 0 Å². The molecular weight excluding hydrogens is 469 g/mol. The topological polar surface area (TPSA) is 0 Å². The molecule has 0 fully saturated rings. The maximum atomic E-state index is 3.72. The number of hydrogen-bond acceptors (Lipinski definition) is 0. The van der Waals surface area contributed by atoms with Crippen molar-refractivity contribution in [1.29, 1.82) is 0 Å². The van der Waals surface area contributed by atoms with E-state index < -0.39 is 0 Å². The Morgan fingerprint density at radius 2 is 1.24 bits per heavy atom. The van der Waals surface area contributed by atoms with Crippen LogP contribution in [-0.4, -0.2) is 4.23 Å². The van der Waals surface area contributed by atoms with E-state index in [0.29, 0.717) is 0 Å². The third kappa shape index (κ3) is 12.9. The van der Waals surface area contributed by atoms with Gasteiger partial charge in [-0.25, -0.2) is 24.3 Å². The van der Waals surface area contributed by atoms with Crippen molar-refractivity contribution in [2.24, 2.45) is 0 Å². The van der Waals surface area contributed by atoms with E-state index in [-0.39, 0.29) is 0 Å². The Labute approximate surface area is 164 Å². The summed E-state index contributed by atoms with van der Waals surface area (Å²) in [5.74, 6) is 0. The molecule has 4 rings (SSSR count). The van der Waals surface area contributed by atoms with Crippen molar-refractivity contribution in [3.8, 4) is 0 Å². The molecule has 0 bridgehead atoms. The third-order valence-corrected chi connectivity index (χ3v) is 4.03. The Bertz CT molecular complexity index is 635. The van der Waals surface area contributed by atoms with Gasteiger partial charge in [0, 0.05) is 0 Å². The second-order valence-electron chi connectivity index (χ2n) is 5.03. The Morgan fingerprint density at radius 3 is 1.44 bits per heavy atom. The zero-order chi connectivity index (χ0) is 18.0. The van der Waals surface area contributed by atoms with Gasteiger partial charge in [-0.15, -0.1) is 25.0 Å². The first-order chi connectivity index (χ1) is 12.3. The van der Waals surface area contributed by atoms with Gasteiger partial charge in [-0.05, 0) is 0 Å². The second-order valence-corrected chi connectivity index (χ2v) is 5.96. The van der Waals surface area contributed by atoms with Crippen LogP contribution in [0.4, 0.5) is 0 Å². The van der Waals surface area contributed by atoms with E-state index in [9.17, 15) is 0 Å². The van der Waals surface area contributed by atoms with Crippen LogP contribution < -0.4 is 0 Å². The molecule has 0 unspecified atom stereocenters. The molecule has 25 heavy (non-hydrogen) atoms. The van der Waals surface area contributed by atoms with Crippen molar-refractivity contribution in [2.45, 2.75) is 12.8 Å². The van der Waals surface area contributed by atoms with Crippen LogP contribution in [0.15, 0.2) is 97.1 Å². The first-order valence-corrected chi connectivity index (χ1v) is 10.0. The first kappa shape index (κ1) is 20.9. The molecule has 2 aliphatic rings. The number of benzene rings is 2. The summed E-state index contributed by atoms with van der Waals surface area (Å²) in [5, 5.41) is 0. The molecule has 2 aromatic carbocycles. The van der Waals surface area contributed by atoms with E-state index in [1.54, 1.807) is 0 Å². The maximum absolute atomic E-state index is 3.72. The fourth-order valence-electron chi connectivity index (χ4n) is 1.70. The molecule has 0 amide bonds. The van der Waals surface area contributed by atoms with Crippen LogP contribution in [0.5, 0.6) is 0 Å². The molecule has 0 aliphatic heterocycles. The van der Waals surface area contributed by atoms with Gasteiger partial charge in [0.1, 0.15) is 0 Å². The molecule has 2 aromatic rings. The van der Waals surface area contributed by atoms with Gasteiger partial charge in [0.2, 0.25) is 0 Å². The van der Waals surface area contributed by atoms with Crippen LogP contribution >= 0.6 is 0 Å². The van der Waals surface area contributed by atoms with Crippen LogP contribution in [0, 0.1) is 19.1 Å². The van der Waals surface area contributed by atoms with Crippen molar-refractivity contribution in [3.05, 3.63) is 127 Å². The Balaban J connectivity index is 0.000000170. The fourth-order valence-corrected chi connectivity index (χ4v) is 2.32. The number of hydrogen-bond donors (Lipinski definition) is 0. The van der Waals surface area contributed by atoms with Gasteiger partial charge < -0.3 is 0 Å². The molecule has 127 valence electrons. The predicted octanol–water partition coefficient (Wildman–Crippen LogP) is 5.86. The summed E-state index contributed by atoms with van der Waals surface area (Å²) in [6, 6.07) is 20.2. The van der Waals surface area contributed by atoms with Gasteiger partial charge in [-0.1, -0.05) is 6.07 Å². The monoisotopic (exact) mass is 492 g/mol. The summed E-state index contributed by atoms with van der Waals surface area (Å²) in [6.07, 6.45) is 20.0. The molecule has 0 nitrogen and oxygen atoms in total. The van der Waals surface area contributed by atoms with E-state index in [4.69, 9.17) is 0 Å². The summed E-state index contributed by atoms with van der Waals surface area (Å²) in [4.78, 5) is 0. The zero-order valence-corrected chi connectivity index (χ0v) is 17.6. The normalized spacial score (nSPS) is 12.1. The molecule has 0 N–H and O–H groups in total.